The highest BCUT2D eigenvalue weighted by Gasteiger charge is 2.09. The summed E-state index contributed by atoms with van der Waals surface area (Å²) in [6.45, 7) is 0. The Morgan fingerprint density at radius 3 is 2.81 bits per heavy atom. The van der Waals surface area contributed by atoms with Gasteiger partial charge in [-0.15, -0.1) is 0 Å². The Hall–Kier alpha value is -2.43. The number of nitro groups is 1. The number of benzene rings is 1. The lowest BCUT2D eigenvalue weighted by molar-refractivity contribution is -0.389. The minimum atomic E-state index is -0.436. The zero-order valence-corrected chi connectivity index (χ0v) is 8.18. The predicted octanol–water partition coefficient (Wildman–Crippen LogP) is 2.62. The Balaban J connectivity index is 2.46. The van der Waals surface area contributed by atoms with Crippen molar-refractivity contribution in [1.82, 2.24) is 9.97 Å². The third kappa shape index (κ3) is 1.15. The summed E-state index contributed by atoms with van der Waals surface area (Å²) in [5.74, 6) is -0.0128. The molecule has 0 aliphatic heterocycles. The van der Waals surface area contributed by atoms with Gasteiger partial charge in [-0.3, -0.25) is 4.98 Å². The maximum absolute atomic E-state index is 10.7. The van der Waals surface area contributed by atoms with Gasteiger partial charge in [0.2, 0.25) is 0 Å². The smallest absolute Gasteiger partial charge is 0.321 e. The standard InChI is InChI=1S/C11H7N3O2/c15-14(16)10-4-2-7-1-3-9-8(5-6-12-9)11(7)13-10/h1-6,13H. The molecule has 0 saturated heterocycles. The van der Waals surface area contributed by atoms with Crippen molar-refractivity contribution in [3.8, 4) is 0 Å². The van der Waals surface area contributed by atoms with Crippen molar-refractivity contribution in [2.24, 2.45) is 0 Å². The summed E-state index contributed by atoms with van der Waals surface area (Å²) in [7, 11) is 0. The van der Waals surface area contributed by atoms with Crippen molar-refractivity contribution in [2.75, 3.05) is 0 Å². The Kier molecular flexibility index (Phi) is 1.67. The molecule has 0 aliphatic carbocycles. The number of nitrogens with zero attached hydrogens (tertiary/aromatic N) is 2. The average Bonchev–Trinajstić information content (AvgIpc) is 2.76. The fourth-order valence-corrected chi connectivity index (χ4v) is 1.82. The summed E-state index contributed by atoms with van der Waals surface area (Å²) in [6, 6.07) is 8.83. The SMILES string of the molecule is O=[N+]([O-])c1ccc2ccc3nccc3c2[nH]1. The third-order valence-electron chi connectivity index (χ3n) is 2.58. The fraction of sp³-hybridized carbons (Fsp3) is 0. The first kappa shape index (κ1) is 8.84. The van der Waals surface area contributed by atoms with Gasteiger partial charge >= 0.3 is 5.82 Å². The molecule has 0 fully saturated rings. The van der Waals surface area contributed by atoms with Crippen LogP contribution >= 0.6 is 0 Å². The molecule has 0 spiro atoms. The van der Waals surface area contributed by atoms with E-state index in [4.69, 9.17) is 0 Å². The van der Waals surface area contributed by atoms with Gasteiger partial charge in [-0.2, -0.15) is 0 Å². The summed E-state index contributed by atoms with van der Waals surface area (Å²) in [5, 5.41) is 12.5. The van der Waals surface area contributed by atoms with Crippen molar-refractivity contribution in [1.29, 1.82) is 0 Å². The second kappa shape index (κ2) is 3.03. The molecular formula is C11H7N3O2. The zero-order valence-electron chi connectivity index (χ0n) is 8.18. The van der Waals surface area contributed by atoms with Crippen LogP contribution in [-0.2, 0) is 0 Å². The minimum absolute atomic E-state index is 0.0128. The average molecular weight is 213 g/mol. The van der Waals surface area contributed by atoms with Gasteiger partial charge in [0.25, 0.3) is 0 Å². The van der Waals surface area contributed by atoms with Crippen LogP contribution in [-0.4, -0.2) is 14.9 Å². The second-order valence-electron chi connectivity index (χ2n) is 3.51. The van der Waals surface area contributed by atoms with E-state index in [1.165, 1.54) is 6.07 Å². The lowest BCUT2D eigenvalue weighted by Crippen LogP contribution is -1.92. The van der Waals surface area contributed by atoms with Crippen LogP contribution in [0, 0.1) is 10.1 Å². The molecule has 0 unspecified atom stereocenters. The van der Waals surface area contributed by atoms with Crippen molar-refractivity contribution >= 4 is 27.6 Å². The first-order chi connectivity index (χ1) is 7.75. The molecule has 3 rings (SSSR count). The number of rotatable bonds is 1. The molecule has 0 radical (unpaired) electrons. The van der Waals surface area contributed by atoms with Gasteiger partial charge in [-0.25, -0.2) is 4.98 Å². The van der Waals surface area contributed by atoms with E-state index in [9.17, 15) is 10.1 Å². The summed E-state index contributed by atoms with van der Waals surface area (Å²) >= 11 is 0. The molecule has 0 saturated carbocycles. The minimum Gasteiger partial charge on any atom is -0.358 e. The Bertz CT molecular complexity index is 703. The Labute approximate surface area is 89.9 Å². The van der Waals surface area contributed by atoms with E-state index in [1.54, 1.807) is 12.3 Å². The number of aromatic amines is 1. The molecule has 1 aromatic carbocycles. The summed E-state index contributed by atoms with van der Waals surface area (Å²) in [6.07, 6.45) is 1.69. The number of pyridine rings is 1. The van der Waals surface area contributed by atoms with Crippen LogP contribution in [0.1, 0.15) is 0 Å². The first-order valence-corrected chi connectivity index (χ1v) is 4.76. The number of aromatic nitrogens is 2. The Morgan fingerprint density at radius 1 is 1.19 bits per heavy atom. The summed E-state index contributed by atoms with van der Waals surface area (Å²) in [4.78, 5) is 17.2. The number of hydrogen-bond acceptors (Lipinski definition) is 3. The molecule has 0 bridgehead atoms. The number of fused-ring (bicyclic) bond motifs is 3. The van der Waals surface area contributed by atoms with Crippen molar-refractivity contribution in [3.63, 3.8) is 0 Å². The highest BCUT2D eigenvalue weighted by atomic mass is 16.6. The number of hydrogen-bond donors (Lipinski definition) is 1. The predicted molar refractivity (Wildman–Crippen MR) is 60.3 cm³/mol. The number of H-pyrrole nitrogens is 1. The van der Waals surface area contributed by atoms with Crippen molar-refractivity contribution in [3.05, 3.63) is 46.6 Å². The van der Waals surface area contributed by atoms with Crippen LogP contribution in [0.4, 0.5) is 5.82 Å². The molecule has 3 aromatic rings. The van der Waals surface area contributed by atoms with Crippen molar-refractivity contribution in [2.45, 2.75) is 0 Å². The van der Waals surface area contributed by atoms with E-state index < -0.39 is 4.92 Å². The summed E-state index contributed by atoms with van der Waals surface area (Å²) < 4.78 is 0. The van der Waals surface area contributed by atoms with Gasteiger partial charge < -0.3 is 10.1 Å². The van der Waals surface area contributed by atoms with E-state index in [-0.39, 0.29) is 5.82 Å². The molecule has 5 heteroatoms. The van der Waals surface area contributed by atoms with E-state index in [2.05, 4.69) is 9.97 Å². The van der Waals surface area contributed by atoms with Gasteiger partial charge in [-0.1, -0.05) is 0 Å². The van der Waals surface area contributed by atoms with Gasteiger partial charge in [0, 0.05) is 23.0 Å². The largest absolute Gasteiger partial charge is 0.358 e. The van der Waals surface area contributed by atoms with E-state index in [1.807, 2.05) is 18.2 Å². The molecule has 5 nitrogen and oxygen atoms in total. The molecule has 78 valence electrons. The molecule has 2 heterocycles. The highest BCUT2D eigenvalue weighted by molar-refractivity contribution is 6.04. The van der Waals surface area contributed by atoms with Crippen LogP contribution in [0.15, 0.2) is 36.5 Å². The summed E-state index contributed by atoms with van der Waals surface area (Å²) in [5.41, 5.74) is 1.59. The van der Waals surface area contributed by atoms with Gasteiger partial charge in [0.15, 0.2) is 0 Å². The quantitative estimate of drug-likeness (QED) is 0.498. The molecule has 16 heavy (non-hydrogen) atoms. The van der Waals surface area contributed by atoms with Crippen LogP contribution in [0.25, 0.3) is 21.8 Å². The molecule has 0 aliphatic rings. The van der Waals surface area contributed by atoms with E-state index in [0.29, 0.717) is 0 Å². The normalized spacial score (nSPS) is 11.0. The van der Waals surface area contributed by atoms with Crippen LogP contribution < -0.4 is 0 Å². The second-order valence-corrected chi connectivity index (χ2v) is 3.51. The highest BCUT2D eigenvalue weighted by Crippen LogP contribution is 2.24. The lowest BCUT2D eigenvalue weighted by atomic mass is 10.1. The molecule has 0 atom stereocenters. The van der Waals surface area contributed by atoms with E-state index >= 15 is 0 Å². The van der Waals surface area contributed by atoms with Gasteiger partial charge in [0.1, 0.15) is 5.52 Å². The lowest BCUT2D eigenvalue weighted by Gasteiger charge is -1.99. The fourth-order valence-electron chi connectivity index (χ4n) is 1.82. The third-order valence-corrected chi connectivity index (χ3v) is 2.58. The van der Waals surface area contributed by atoms with Crippen LogP contribution in [0.2, 0.25) is 0 Å². The topological polar surface area (TPSA) is 71.8 Å². The number of nitrogens with one attached hydrogen (secondary N) is 1. The maximum atomic E-state index is 10.7. The first-order valence-electron chi connectivity index (χ1n) is 4.76. The monoisotopic (exact) mass is 213 g/mol. The van der Waals surface area contributed by atoms with Gasteiger partial charge in [-0.05, 0) is 29.2 Å². The molecule has 2 aromatic heterocycles. The Morgan fingerprint density at radius 2 is 2.00 bits per heavy atom. The van der Waals surface area contributed by atoms with Gasteiger partial charge in [0.05, 0.1) is 5.52 Å². The van der Waals surface area contributed by atoms with Crippen LogP contribution in [0.3, 0.4) is 0 Å². The van der Waals surface area contributed by atoms with Crippen LogP contribution in [0.5, 0.6) is 0 Å². The van der Waals surface area contributed by atoms with Crippen molar-refractivity contribution < 1.29 is 4.92 Å². The maximum Gasteiger partial charge on any atom is 0.321 e. The molecule has 0 amide bonds. The zero-order chi connectivity index (χ0) is 11.1. The van der Waals surface area contributed by atoms with E-state index in [0.717, 1.165) is 21.8 Å². The molecule has 1 N–H and O–H groups in total. The molecular weight excluding hydrogens is 206 g/mol.